The number of benzene rings is 5. The number of rotatable bonds is 11. The summed E-state index contributed by atoms with van der Waals surface area (Å²) in [4.78, 5) is 3.84. The van der Waals surface area contributed by atoms with E-state index in [2.05, 4.69) is 150 Å². The van der Waals surface area contributed by atoms with Crippen LogP contribution in [0.1, 0.15) is 171 Å². The Morgan fingerprint density at radius 2 is 0.956 bits per heavy atom. The summed E-state index contributed by atoms with van der Waals surface area (Å²) in [6.45, 7) is 30.8. The van der Waals surface area contributed by atoms with Gasteiger partial charge in [0, 0.05) is 16.9 Å². The Balaban J connectivity index is 0.000000334. The van der Waals surface area contributed by atoms with Gasteiger partial charge >= 0.3 is 138 Å². The van der Waals surface area contributed by atoms with Gasteiger partial charge in [0.25, 0.3) is 0 Å². The van der Waals surface area contributed by atoms with E-state index in [9.17, 15) is 27.1 Å². The second-order valence-corrected chi connectivity index (χ2v) is 21.7. The first kappa shape index (κ1) is 58.1. The van der Waals surface area contributed by atoms with Crippen LogP contribution in [0.3, 0.4) is 0 Å². The van der Waals surface area contributed by atoms with Gasteiger partial charge < -0.3 is 17.5 Å². The topological polar surface area (TPSA) is 48.3 Å². The van der Waals surface area contributed by atoms with E-state index < -0.39 is 58.1 Å². The van der Waals surface area contributed by atoms with Crippen molar-refractivity contribution in [2.24, 2.45) is 3.50 Å². The van der Waals surface area contributed by atoms with E-state index in [0.29, 0.717) is 35.5 Å². The van der Waals surface area contributed by atoms with Crippen LogP contribution in [0.25, 0.3) is 22.3 Å². The minimum Gasteiger partial charge on any atom is -1.00 e. The van der Waals surface area contributed by atoms with Gasteiger partial charge in [0.15, 0.2) is 0 Å². The molecule has 0 fully saturated rings. The van der Waals surface area contributed by atoms with Crippen LogP contribution in [0.15, 0.2) is 105 Å². The fraction of sp³-hybridized carbons (Fsp3) is 0.368. The molecule has 0 bridgehead atoms. The van der Waals surface area contributed by atoms with Crippen molar-refractivity contribution in [1.82, 2.24) is 4.98 Å². The van der Waals surface area contributed by atoms with Crippen molar-refractivity contribution in [1.29, 1.82) is 0 Å². The predicted molar refractivity (Wildman–Crippen MR) is 267 cm³/mol. The SMILES string of the molecule is Brc1cccnc1.CC(C)([CH]=[Mo+2]=[N]c1c(F)c(F)c(F)c(F)c1F)c1ccccc1.CC(C)c1cc(C(C)C)c(-c2cccc(-c3c(C(C)C)cc(C(C)C)cc3C(C)C)c2[O-])c(C(C)C)c1.[Cl-]. The van der Waals surface area contributed by atoms with Crippen LogP contribution in [0, 0.1) is 29.1 Å². The Morgan fingerprint density at radius 3 is 1.28 bits per heavy atom. The molecular weight excluding hydrogens is 1030 g/mol. The van der Waals surface area contributed by atoms with E-state index in [0.717, 1.165) is 32.3 Å². The predicted octanol–water partition coefficient (Wildman–Crippen LogP) is 14.7. The molecule has 0 saturated carbocycles. The van der Waals surface area contributed by atoms with Gasteiger partial charge in [-0.3, -0.25) is 4.98 Å². The number of nitrogens with zero attached hydrogens (tertiary/aromatic N) is 2. The van der Waals surface area contributed by atoms with Gasteiger partial charge in [0.1, 0.15) is 0 Å². The third kappa shape index (κ3) is 14.2. The minimum atomic E-state index is -2.17. The van der Waals surface area contributed by atoms with Crippen molar-refractivity contribution in [2.75, 3.05) is 0 Å². The van der Waals surface area contributed by atoms with Crippen LogP contribution < -0.4 is 17.5 Å². The molecule has 6 aromatic rings. The van der Waals surface area contributed by atoms with Gasteiger partial charge in [-0.2, -0.15) is 0 Å². The zero-order chi connectivity index (χ0) is 50.1. The average molecular weight is 1100 g/mol. The van der Waals surface area contributed by atoms with E-state index in [1.807, 2.05) is 56.3 Å². The van der Waals surface area contributed by atoms with E-state index in [-0.39, 0.29) is 18.2 Å². The summed E-state index contributed by atoms with van der Waals surface area (Å²) in [5, 5.41) is 14.5. The zero-order valence-electron chi connectivity index (χ0n) is 41.6. The van der Waals surface area contributed by atoms with Gasteiger partial charge in [-0.25, -0.2) is 0 Å². The van der Waals surface area contributed by atoms with Gasteiger partial charge in [-0.05, 0) is 119 Å². The smallest absolute Gasteiger partial charge is 0.0120 e. The molecule has 1 aromatic heterocycles. The fourth-order valence-corrected chi connectivity index (χ4v) is 9.66. The van der Waals surface area contributed by atoms with E-state index in [1.165, 1.54) is 33.4 Å². The number of hydrogen-bond acceptors (Lipinski definition) is 3. The third-order valence-corrected chi connectivity index (χ3v) is 14.5. The van der Waals surface area contributed by atoms with E-state index in [4.69, 9.17) is 0 Å². The Hall–Kier alpha value is -4.17. The zero-order valence-corrected chi connectivity index (χ0v) is 46.0. The van der Waals surface area contributed by atoms with Crippen molar-refractivity contribution in [3.05, 3.63) is 170 Å². The Morgan fingerprint density at radius 1 is 0.559 bits per heavy atom. The maximum atomic E-state index is 14.5. The normalized spacial score (nSPS) is 11.3. The van der Waals surface area contributed by atoms with Crippen LogP contribution in [0.4, 0.5) is 27.6 Å². The van der Waals surface area contributed by atoms with Gasteiger partial charge in [0.2, 0.25) is 0 Å². The van der Waals surface area contributed by atoms with Crippen LogP contribution in [-0.2, 0) is 23.3 Å². The molecule has 0 amide bonds. The molecule has 364 valence electrons. The Bertz CT molecular complexity index is 2520. The molecule has 3 nitrogen and oxygen atoms in total. The monoisotopic (exact) mass is 1100 g/mol. The molecule has 0 aliphatic rings. The molecule has 0 N–H and O–H groups in total. The minimum absolute atomic E-state index is 0. The van der Waals surface area contributed by atoms with Crippen LogP contribution in [-0.4, -0.2) is 9.38 Å². The van der Waals surface area contributed by atoms with E-state index in [1.54, 1.807) is 16.8 Å². The summed E-state index contributed by atoms with van der Waals surface area (Å²) in [7, 11) is 0. The van der Waals surface area contributed by atoms with Crippen molar-refractivity contribution in [3.63, 3.8) is 0 Å². The molecule has 0 spiro atoms. The fourth-order valence-electron chi connectivity index (χ4n) is 7.63. The summed E-state index contributed by atoms with van der Waals surface area (Å²) < 4.78 is 72.7. The van der Waals surface area contributed by atoms with Crippen molar-refractivity contribution in [2.45, 2.75) is 138 Å². The van der Waals surface area contributed by atoms with Gasteiger partial charge in [-0.15, -0.1) is 0 Å². The average Bonchev–Trinajstić information content (AvgIpc) is 3.28. The number of aromatic nitrogens is 1. The Labute approximate surface area is 424 Å². The maximum absolute atomic E-state index is 14.5. The number of para-hydroxylation sites is 1. The molecule has 68 heavy (non-hydrogen) atoms. The molecule has 0 radical (unpaired) electrons. The summed E-state index contributed by atoms with van der Waals surface area (Å²) in [6.07, 6.45) is 3.49. The summed E-state index contributed by atoms with van der Waals surface area (Å²) in [5.74, 6) is -7.53. The van der Waals surface area contributed by atoms with Crippen molar-refractivity contribution in [3.8, 4) is 28.0 Å². The first-order valence-electron chi connectivity index (χ1n) is 22.9. The molecule has 1 heterocycles. The molecule has 0 unspecified atom stereocenters. The molecule has 0 aliphatic carbocycles. The Kier molecular flexibility index (Phi) is 21.9. The third-order valence-electron chi connectivity index (χ3n) is 11.6. The van der Waals surface area contributed by atoms with Gasteiger partial charge in [0.05, 0.1) is 0 Å². The molecule has 5 aromatic carbocycles. The second-order valence-electron chi connectivity index (χ2n) is 19.3. The molecule has 6 rings (SSSR count). The number of halogens is 7. The van der Waals surface area contributed by atoms with Crippen LogP contribution in [0.5, 0.6) is 5.75 Å². The first-order chi connectivity index (χ1) is 31.4. The van der Waals surface area contributed by atoms with Crippen molar-refractivity contribution >= 4 is 26.0 Å². The van der Waals surface area contributed by atoms with Crippen LogP contribution in [0.2, 0.25) is 0 Å². The quantitative estimate of drug-likeness (QED) is 0.0562. The first-order valence-corrected chi connectivity index (χ1v) is 25.8. The van der Waals surface area contributed by atoms with Gasteiger partial charge in [-0.1, -0.05) is 131 Å². The molecule has 0 atom stereocenters. The molecule has 11 heteroatoms. The van der Waals surface area contributed by atoms with Crippen LogP contribution >= 0.6 is 15.9 Å². The molecule has 0 aliphatic heterocycles. The van der Waals surface area contributed by atoms with Crippen molar-refractivity contribution < 1.29 is 57.4 Å². The molecule has 0 saturated heterocycles. The van der Waals surface area contributed by atoms with E-state index >= 15 is 0 Å². The standard InChI is InChI=1S/C36H50O.C10H12.C6F5N.C5H4BrN.ClH.Mo/c1-20(2)26-16-30(22(5)6)34(31(17-26)23(7)8)28-14-13-15-29(36(28)37)35-32(24(9)10)18-27(21(3)4)19-33(35)25(11)12;1-10(2,3)9-7-5-4-6-8-9;7-1-2(8)4(10)6(12)5(11)3(1)9;6-5-2-1-3-7-4-5;;/h13-25,37H,1-12H3;1,4-8H,2-3H3;;1-4H;1H;/q;;;;;+2/p-2. The molecular formula is C57H65BrClF5MoN2O. The summed E-state index contributed by atoms with van der Waals surface area (Å²) >= 11 is 1.78. The summed E-state index contributed by atoms with van der Waals surface area (Å²) in [5.41, 5.74) is 11.3. The number of hydrogen-bond donors (Lipinski definition) is 0. The second kappa shape index (κ2) is 25.6. The maximum Gasteiger partial charge on any atom is -0.0120 e. The number of pyridine rings is 1. The summed E-state index contributed by atoms with van der Waals surface area (Å²) in [6, 6.07) is 28.8. The largest absolute Gasteiger partial charge is 1.00 e.